The van der Waals surface area contributed by atoms with Crippen molar-refractivity contribution in [3.05, 3.63) is 72.1 Å². The maximum Gasteiger partial charge on any atom is 0.212 e. The van der Waals surface area contributed by atoms with Gasteiger partial charge in [0.25, 0.3) is 0 Å². The molecule has 0 unspecified atom stereocenters. The molecule has 4 aromatic rings. The van der Waals surface area contributed by atoms with Crippen LogP contribution >= 0.6 is 0 Å². The Balaban J connectivity index is 1.58. The first-order valence-corrected chi connectivity index (χ1v) is 11.2. The fraction of sp³-hybridized carbons (Fsp3) is 0.280. The number of nitriles is 1. The van der Waals surface area contributed by atoms with Crippen LogP contribution in [0.1, 0.15) is 29.9 Å². The zero-order valence-corrected chi connectivity index (χ0v) is 19.3. The Morgan fingerprint density at radius 1 is 1.06 bits per heavy atom. The highest BCUT2D eigenvalue weighted by Gasteiger charge is 2.41. The van der Waals surface area contributed by atoms with E-state index in [1.807, 2.05) is 24.0 Å². The number of hydrogen-bond donors (Lipinski definition) is 0. The lowest BCUT2D eigenvalue weighted by Crippen LogP contribution is -2.42. The molecule has 8 nitrogen and oxygen atoms in total. The van der Waals surface area contributed by atoms with Gasteiger partial charge < -0.3 is 9.47 Å². The Morgan fingerprint density at radius 2 is 1.80 bits per heavy atom. The summed E-state index contributed by atoms with van der Waals surface area (Å²) in [7, 11) is 1.72. The van der Waals surface area contributed by atoms with E-state index in [4.69, 9.17) is 4.98 Å². The van der Waals surface area contributed by atoms with Crippen molar-refractivity contribution in [3.63, 3.8) is 0 Å². The van der Waals surface area contributed by atoms with Crippen LogP contribution in [0.25, 0.3) is 22.5 Å². The molecule has 0 bridgehead atoms. The van der Waals surface area contributed by atoms with E-state index in [0.29, 0.717) is 47.1 Å². The molecule has 4 aromatic heterocycles. The number of nitrogens with zero attached hydrogens (tertiary/aromatic N) is 8. The predicted molar refractivity (Wildman–Crippen MR) is 125 cm³/mol. The topological polar surface area (TPSA) is 96.4 Å². The summed E-state index contributed by atoms with van der Waals surface area (Å²) in [5.41, 5.74) is 2.56. The van der Waals surface area contributed by atoms with Gasteiger partial charge in [0, 0.05) is 62.2 Å². The average Bonchev–Trinajstić information content (AvgIpc) is 3.31. The first-order valence-electron chi connectivity index (χ1n) is 11.2. The van der Waals surface area contributed by atoms with Crippen molar-refractivity contribution in [1.29, 1.82) is 5.26 Å². The van der Waals surface area contributed by atoms with Gasteiger partial charge in [-0.2, -0.15) is 9.65 Å². The number of aryl methyl sites for hydroxylation is 2. The van der Waals surface area contributed by atoms with Crippen LogP contribution < -0.4 is 4.90 Å². The summed E-state index contributed by atoms with van der Waals surface area (Å²) < 4.78 is 30.9. The molecule has 0 spiro atoms. The second-order valence-corrected chi connectivity index (χ2v) is 8.64. The van der Waals surface area contributed by atoms with Crippen molar-refractivity contribution < 1.29 is 8.78 Å². The van der Waals surface area contributed by atoms with E-state index < -0.39 is 11.6 Å². The van der Waals surface area contributed by atoms with Crippen molar-refractivity contribution >= 4 is 5.69 Å². The first-order chi connectivity index (χ1) is 16.9. The molecule has 5 heterocycles. The molecule has 176 valence electrons. The molecular formula is C25H22F2N8. The fourth-order valence-corrected chi connectivity index (χ4v) is 4.43. The lowest BCUT2D eigenvalue weighted by molar-refractivity contribution is 0.109. The minimum atomic E-state index is -1.62. The van der Waals surface area contributed by atoms with Crippen molar-refractivity contribution in [2.45, 2.75) is 25.4 Å². The SMILES string of the molecule is Cc1ccc(-c2cc(C#N)c(N3CCC(F)(c4nncn4C)CC3)c(-c3ccc(F)nc3)n2)cn1. The van der Waals surface area contributed by atoms with Crippen LogP contribution in [0.4, 0.5) is 14.5 Å². The van der Waals surface area contributed by atoms with Gasteiger partial charge in [-0.25, -0.2) is 14.4 Å². The normalized spacial score (nSPS) is 15.1. The molecule has 0 N–H and O–H groups in total. The summed E-state index contributed by atoms with van der Waals surface area (Å²) in [6.07, 6.45) is 4.93. The van der Waals surface area contributed by atoms with Crippen LogP contribution in [0.15, 0.2) is 49.1 Å². The average molecular weight is 473 g/mol. The quantitative estimate of drug-likeness (QED) is 0.412. The summed E-state index contributed by atoms with van der Waals surface area (Å²) >= 11 is 0. The van der Waals surface area contributed by atoms with Gasteiger partial charge in [0.2, 0.25) is 5.95 Å². The minimum Gasteiger partial charge on any atom is -0.368 e. The largest absolute Gasteiger partial charge is 0.368 e. The summed E-state index contributed by atoms with van der Waals surface area (Å²) in [6, 6.07) is 10.6. The van der Waals surface area contributed by atoms with Gasteiger partial charge in [-0.1, -0.05) is 0 Å². The molecule has 0 aliphatic carbocycles. The maximum absolute atomic E-state index is 15.8. The molecule has 1 aliphatic rings. The number of halogens is 2. The zero-order chi connectivity index (χ0) is 24.6. The van der Waals surface area contributed by atoms with Crippen LogP contribution in [0.3, 0.4) is 0 Å². The van der Waals surface area contributed by atoms with Crippen LogP contribution in [-0.4, -0.2) is 42.8 Å². The number of piperidine rings is 1. The molecule has 0 saturated carbocycles. The highest BCUT2D eigenvalue weighted by molar-refractivity contribution is 5.82. The van der Waals surface area contributed by atoms with Crippen LogP contribution in [-0.2, 0) is 12.7 Å². The summed E-state index contributed by atoms with van der Waals surface area (Å²) in [5, 5.41) is 17.9. The molecular weight excluding hydrogens is 450 g/mol. The highest BCUT2D eigenvalue weighted by Crippen LogP contribution is 2.41. The molecule has 1 saturated heterocycles. The van der Waals surface area contributed by atoms with E-state index in [2.05, 4.69) is 26.2 Å². The second-order valence-electron chi connectivity index (χ2n) is 8.64. The molecule has 10 heteroatoms. The molecule has 0 radical (unpaired) electrons. The Labute approximate surface area is 200 Å². The van der Waals surface area contributed by atoms with E-state index >= 15 is 4.39 Å². The third-order valence-corrected chi connectivity index (χ3v) is 6.31. The lowest BCUT2D eigenvalue weighted by atomic mass is 9.91. The van der Waals surface area contributed by atoms with E-state index in [1.54, 1.807) is 29.9 Å². The summed E-state index contributed by atoms with van der Waals surface area (Å²) in [6.45, 7) is 2.57. The standard InChI is InChI=1S/C25H22F2N8/c1-16-3-4-17(13-29-16)20-11-19(12-28)23(22(32-20)18-5-6-21(26)30-14-18)35-9-7-25(27,8-10-35)24-33-31-15-34(24)2/h3-6,11,13-15H,7-10H2,1-2H3. The van der Waals surface area contributed by atoms with E-state index in [1.165, 1.54) is 18.6 Å². The van der Waals surface area contributed by atoms with Gasteiger partial charge in [-0.05, 0) is 37.3 Å². The Morgan fingerprint density at radius 3 is 2.40 bits per heavy atom. The fourth-order valence-electron chi connectivity index (χ4n) is 4.43. The molecule has 0 amide bonds. The van der Waals surface area contributed by atoms with E-state index in [-0.39, 0.29) is 12.8 Å². The number of hydrogen-bond acceptors (Lipinski definition) is 7. The second kappa shape index (κ2) is 8.83. The number of alkyl halides is 1. The van der Waals surface area contributed by atoms with E-state index in [0.717, 1.165) is 11.3 Å². The number of aromatic nitrogens is 6. The zero-order valence-electron chi connectivity index (χ0n) is 19.3. The molecule has 35 heavy (non-hydrogen) atoms. The van der Waals surface area contributed by atoms with Crippen LogP contribution in [0, 0.1) is 24.2 Å². The van der Waals surface area contributed by atoms with Crippen LogP contribution in [0.5, 0.6) is 0 Å². The molecule has 5 rings (SSSR count). The monoisotopic (exact) mass is 472 g/mol. The lowest BCUT2D eigenvalue weighted by Gasteiger charge is -2.38. The predicted octanol–water partition coefficient (Wildman–Crippen LogP) is 4.12. The van der Waals surface area contributed by atoms with E-state index in [9.17, 15) is 9.65 Å². The molecule has 1 fully saturated rings. The number of pyridine rings is 3. The van der Waals surface area contributed by atoms with Crippen LogP contribution in [0.2, 0.25) is 0 Å². The maximum atomic E-state index is 15.8. The summed E-state index contributed by atoms with van der Waals surface area (Å²) in [4.78, 5) is 14.9. The summed E-state index contributed by atoms with van der Waals surface area (Å²) in [5.74, 6) is -0.320. The Kier molecular flexibility index (Phi) is 5.68. The Hall–Kier alpha value is -4.26. The number of anilines is 1. The van der Waals surface area contributed by atoms with Gasteiger partial charge in [0.05, 0.1) is 22.6 Å². The third-order valence-electron chi connectivity index (χ3n) is 6.31. The van der Waals surface area contributed by atoms with Gasteiger partial charge in [-0.3, -0.25) is 4.98 Å². The smallest absolute Gasteiger partial charge is 0.212 e. The Bertz CT molecular complexity index is 1400. The molecule has 1 aliphatic heterocycles. The van der Waals surface area contributed by atoms with Gasteiger partial charge in [0.1, 0.15) is 12.4 Å². The van der Waals surface area contributed by atoms with Crippen molar-refractivity contribution in [3.8, 4) is 28.6 Å². The first kappa shape index (κ1) is 22.5. The van der Waals surface area contributed by atoms with Gasteiger partial charge in [0.15, 0.2) is 11.5 Å². The number of rotatable bonds is 4. The minimum absolute atomic E-state index is 0.176. The third kappa shape index (κ3) is 4.21. The molecule has 0 atom stereocenters. The van der Waals surface area contributed by atoms with Crippen molar-refractivity contribution in [2.24, 2.45) is 7.05 Å². The van der Waals surface area contributed by atoms with Gasteiger partial charge >= 0.3 is 0 Å². The van der Waals surface area contributed by atoms with Crippen molar-refractivity contribution in [1.82, 2.24) is 29.7 Å². The molecule has 0 aromatic carbocycles. The van der Waals surface area contributed by atoms with Gasteiger partial charge in [-0.15, -0.1) is 10.2 Å². The highest BCUT2D eigenvalue weighted by atomic mass is 19.1. The van der Waals surface area contributed by atoms with Crippen molar-refractivity contribution in [2.75, 3.05) is 18.0 Å².